The Morgan fingerprint density at radius 3 is 2.58 bits per heavy atom. The summed E-state index contributed by atoms with van der Waals surface area (Å²) in [6.45, 7) is 0.236. The van der Waals surface area contributed by atoms with Crippen molar-refractivity contribution in [2.75, 3.05) is 11.9 Å². The third-order valence-electron chi connectivity index (χ3n) is 4.12. The number of rotatable bonds is 4. The lowest BCUT2D eigenvalue weighted by Gasteiger charge is -2.23. The van der Waals surface area contributed by atoms with Gasteiger partial charge >= 0.3 is 0 Å². The van der Waals surface area contributed by atoms with Crippen LogP contribution in [-0.2, 0) is 14.8 Å². The van der Waals surface area contributed by atoms with Crippen molar-refractivity contribution < 1.29 is 17.6 Å². The van der Waals surface area contributed by atoms with E-state index >= 15 is 0 Å². The monoisotopic (exact) mass is 460 g/mol. The van der Waals surface area contributed by atoms with Crippen molar-refractivity contribution in [2.24, 2.45) is 0 Å². The van der Waals surface area contributed by atoms with E-state index in [-0.39, 0.29) is 22.2 Å². The van der Waals surface area contributed by atoms with Crippen molar-refractivity contribution in [3.05, 3.63) is 57.8 Å². The number of anilines is 1. The van der Waals surface area contributed by atoms with Gasteiger partial charge in [0.2, 0.25) is 15.9 Å². The Morgan fingerprint density at radius 1 is 1.23 bits per heavy atom. The van der Waals surface area contributed by atoms with Gasteiger partial charge in [-0.2, -0.15) is 4.31 Å². The Hall–Kier alpha value is -1.48. The molecule has 1 aliphatic rings. The topological polar surface area (TPSA) is 66.5 Å². The van der Waals surface area contributed by atoms with Gasteiger partial charge in [-0.1, -0.05) is 27.5 Å². The van der Waals surface area contributed by atoms with Crippen LogP contribution in [0.15, 0.2) is 51.8 Å². The number of nitrogens with zero attached hydrogens (tertiary/aromatic N) is 1. The zero-order valence-electron chi connectivity index (χ0n) is 13.5. The second-order valence-corrected chi connectivity index (χ2v) is 9.08. The van der Waals surface area contributed by atoms with Crippen molar-refractivity contribution in [3.8, 4) is 0 Å². The number of nitrogens with one attached hydrogen (secondary N) is 1. The average molecular weight is 462 g/mol. The fourth-order valence-electron chi connectivity index (χ4n) is 2.84. The molecule has 1 fully saturated rings. The molecule has 0 spiro atoms. The van der Waals surface area contributed by atoms with Gasteiger partial charge in [0.25, 0.3) is 0 Å². The summed E-state index contributed by atoms with van der Waals surface area (Å²) in [5.41, 5.74) is -0.0349. The molecule has 0 radical (unpaired) electrons. The molecule has 9 heteroatoms. The van der Waals surface area contributed by atoms with E-state index < -0.39 is 27.8 Å². The lowest BCUT2D eigenvalue weighted by Crippen LogP contribution is -2.43. The molecule has 3 rings (SSSR count). The van der Waals surface area contributed by atoms with Crippen molar-refractivity contribution in [3.63, 3.8) is 0 Å². The Bertz CT molecular complexity index is 938. The van der Waals surface area contributed by atoms with Gasteiger partial charge < -0.3 is 5.32 Å². The second-order valence-electron chi connectivity index (χ2n) is 5.84. The molecule has 1 atom stereocenters. The summed E-state index contributed by atoms with van der Waals surface area (Å²) in [6.07, 6.45) is 0.924. The van der Waals surface area contributed by atoms with E-state index in [0.29, 0.717) is 12.8 Å². The minimum atomic E-state index is -3.82. The Morgan fingerprint density at radius 2 is 1.92 bits per heavy atom. The molecule has 1 unspecified atom stereocenters. The number of amides is 1. The number of hydrogen-bond donors (Lipinski definition) is 1. The Labute approximate surface area is 164 Å². The summed E-state index contributed by atoms with van der Waals surface area (Å²) in [6, 6.07) is 9.20. The van der Waals surface area contributed by atoms with Gasteiger partial charge in [0.1, 0.15) is 11.9 Å². The molecule has 1 heterocycles. The molecule has 1 saturated heterocycles. The highest BCUT2D eigenvalue weighted by atomic mass is 79.9. The molecule has 2 aromatic rings. The Balaban J connectivity index is 1.83. The number of benzene rings is 2. The molecule has 26 heavy (non-hydrogen) atoms. The van der Waals surface area contributed by atoms with E-state index in [1.807, 2.05) is 0 Å². The molecular formula is C17H15BrClFN2O3S. The predicted octanol–water partition coefficient (Wildman–Crippen LogP) is 4.03. The SMILES string of the molecule is O=C(Nc1ccc(Cl)cc1F)C1CCCN1S(=O)(=O)c1ccc(Br)cc1. The van der Waals surface area contributed by atoms with E-state index in [9.17, 15) is 17.6 Å². The van der Waals surface area contributed by atoms with Gasteiger partial charge in [-0.05, 0) is 55.3 Å². The maximum Gasteiger partial charge on any atom is 0.243 e. The molecule has 0 bridgehead atoms. The van der Waals surface area contributed by atoms with Crippen LogP contribution in [0, 0.1) is 5.82 Å². The van der Waals surface area contributed by atoms with Gasteiger partial charge in [-0.3, -0.25) is 4.79 Å². The standard InChI is InChI=1S/C17H15BrClFN2O3S/c18-11-3-6-13(7-4-11)26(24,25)22-9-1-2-16(22)17(23)21-15-8-5-12(19)10-14(15)20/h3-8,10,16H,1-2,9H2,(H,21,23). The largest absolute Gasteiger partial charge is 0.322 e. The first kappa shape index (κ1) is 19.3. The van der Waals surface area contributed by atoms with Gasteiger partial charge in [0, 0.05) is 16.0 Å². The molecule has 0 aliphatic carbocycles. The quantitative estimate of drug-likeness (QED) is 0.747. The fraction of sp³-hybridized carbons (Fsp3) is 0.235. The van der Waals surface area contributed by atoms with Crippen molar-refractivity contribution in [2.45, 2.75) is 23.8 Å². The van der Waals surface area contributed by atoms with Crippen LogP contribution in [0.3, 0.4) is 0 Å². The number of sulfonamides is 1. The molecular weight excluding hydrogens is 447 g/mol. The summed E-state index contributed by atoms with van der Waals surface area (Å²) < 4.78 is 41.5. The number of halogens is 3. The first-order valence-electron chi connectivity index (χ1n) is 7.82. The average Bonchev–Trinajstić information content (AvgIpc) is 3.08. The number of carbonyl (C=O) groups is 1. The van der Waals surface area contributed by atoms with Crippen molar-refractivity contribution >= 4 is 49.1 Å². The first-order valence-corrected chi connectivity index (χ1v) is 10.4. The summed E-state index contributed by atoms with van der Waals surface area (Å²) in [5, 5.41) is 2.66. The normalized spacial score (nSPS) is 18.0. The lowest BCUT2D eigenvalue weighted by atomic mass is 10.2. The highest BCUT2D eigenvalue weighted by molar-refractivity contribution is 9.10. The van der Waals surface area contributed by atoms with Gasteiger partial charge in [0.05, 0.1) is 10.6 Å². The maximum atomic E-state index is 13.9. The highest BCUT2D eigenvalue weighted by Crippen LogP contribution is 2.28. The molecule has 5 nitrogen and oxygen atoms in total. The minimum absolute atomic E-state index is 0.0349. The van der Waals surface area contributed by atoms with Crippen LogP contribution < -0.4 is 5.32 Å². The van der Waals surface area contributed by atoms with Crippen LogP contribution >= 0.6 is 27.5 Å². The smallest absolute Gasteiger partial charge is 0.243 e. The van der Waals surface area contributed by atoms with Crippen molar-refractivity contribution in [1.29, 1.82) is 0 Å². The van der Waals surface area contributed by atoms with E-state index in [4.69, 9.17) is 11.6 Å². The van der Waals surface area contributed by atoms with Crippen LogP contribution in [0.25, 0.3) is 0 Å². The van der Waals surface area contributed by atoms with E-state index in [2.05, 4.69) is 21.2 Å². The van der Waals surface area contributed by atoms with Gasteiger partial charge in [0.15, 0.2) is 0 Å². The third kappa shape index (κ3) is 3.93. The zero-order chi connectivity index (χ0) is 18.9. The summed E-state index contributed by atoms with van der Waals surface area (Å²) in [4.78, 5) is 12.7. The predicted molar refractivity (Wildman–Crippen MR) is 101 cm³/mol. The molecule has 138 valence electrons. The van der Waals surface area contributed by atoms with E-state index in [1.165, 1.54) is 28.6 Å². The van der Waals surface area contributed by atoms with E-state index in [1.54, 1.807) is 12.1 Å². The van der Waals surface area contributed by atoms with Crippen LogP contribution in [0.4, 0.5) is 10.1 Å². The van der Waals surface area contributed by atoms with Crippen LogP contribution in [0.2, 0.25) is 5.02 Å². The molecule has 2 aromatic carbocycles. The van der Waals surface area contributed by atoms with Crippen LogP contribution in [0.1, 0.15) is 12.8 Å². The Kier molecular flexibility index (Phi) is 5.67. The number of hydrogen-bond acceptors (Lipinski definition) is 3. The molecule has 0 aromatic heterocycles. The van der Waals surface area contributed by atoms with E-state index in [0.717, 1.165) is 10.5 Å². The zero-order valence-corrected chi connectivity index (χ0v) is 16.6. The highest BCUT2D eigenvalue weighted by Gasteiger charge is 2.39. The summed E-state index contributed by atoms with van der Waals surface area (Å²) >= 11 is 8.96. The van der Waals surface area contributed by atoms with Crippen LogP contribution in [0.5, 0.6) is 0 Å². The van der Waals surface area contributed by atoms with Gasteiger partial charge in [-0.25, -0.2) is 12.8 Å². The molecule has 0 saturated carbocycles. The lowest BCUT2D eigenvalue weighted by molar-refractivity contribution is -0.119. The maximum absolute atomic E-state index is 13.9. The third-order valence-corrected chi connectivity index (χ3v) is 6.80. The molecule has 1 N–H and O–H groups in total. The van der Waals surface area contributed by atoms with Gasteiger partial charge in [-0.15, -0.1) is 0 Å². The summed E-state index contributed by atoms with van der Waals surface area (Å²) in [5.74, 6) is -1.24. The fourth-order valence-corrected chi connectivity index (χ4v) is 4.92. The number of carbonyl (C=O) groups excluding carboxylic acids is 1. The minimum Gasteiger partial charge on any atom is -0.322 e. The first-order chi connectivity index (χ1) is 12.3. The molecule has 1 aliphatic heterocycles. The van der Waals surface area contributed by atoms with Crippen molar-refractivity contribution in [1.82, 2.24) is 4.31 Å². The summed E-state index contributed by atoms with van der Waals surface area (Å²) in [7, 11) is -3.82. The second kappa shape index (κ2) is 7.64. The molecule has 1 amide bonds. The van der Waals surface area contributed by atoms with Crippen LogP contribution in [-0.4, -0.2) is 31.2 Å².